The molecule has 3 nitrogen and oxygen atoms in total. The molecule has 0 aliphatic carbocycles. The van der Waals surface area contributed by atoms with Crippen LogP contribution >= 0.6 is 0 Å². The Morgan fingerprint density at radius 1 is 1.47 bits per heavy atom. The highest BCUT2D eigenvalue weighted by Crippen LogP contribution is 2.17. The number of nitrogens with zero attached hydrogens (tertiary/aromatic N) is 1. The monoisotopic (exact) mass is 262 g/mol. The molecule has 0 unspecified atom stereocenters. The van der Waals surface area contributed by atoms with E-state index in [4.69, 9.17) is 4.42 Å². The summed E-state index contributed by atoms with van der Waals surface area (Å²) in [7, 11) is 0. The Bertz CT molecular complexity index is 385. The molecule has 1 aromatic heterocycles. The van der Waals surface area contributed by atoms with Gasteiger partial charge in [0.25, 0.3) is 0 Å². The van der Waals surface area contributed by atoms with Crippen LogP contribution in [0.15, 0.2) is 34.5 Å². The second-order valence-corrected chi connectivity index (χ2v) is 5.76. The number of likely N-dealkylation sites (tertiary alicyclic amines) is 1. The molecule has 0 saturated carbocycles. The summed E-state index contributed by atoms with van der Waals surface area (Å²) in [5.41, 5.74) is 1.41. The van der Waals surface area contributed by atoms with Gasteiger partial charge >= 0.3 is 0 Å². The molecule has 0 aromatic carbocycles. The Labute approximate surface area is 116 Å². The van der Waals surface area contributed by atoms with Gasteiger partial charge in [-0.3, -0.25) is 4.90 Å². The number of rotatable bonds is 5. The van der Waals surface area contributed by atoms with Crippen molar-refractivity contribution in [2.45, 2.75) is 45.7 Å². The molecule has 106 valence electrons. The normalized spacial score (nSPS) is 19.3. The fourth-order valence-electron chi connectivity index (χ4n) is 2.57. The van der Waals surface area contributed by atoms with Gasteiger partial charge in [-0.05, 0) is 58.8 Å². The Morgan fingerprint density at radius 2 is 2.21 bits per heavy atom. The van der Waals surface area contributed by atoms with Crippen molar-refractivity contribution in [2.75, 3.05) is 19.6 Å². The summed E-state index contributed by atoms with van der Waals surface area (Å²) in [5, 5.41) is 3.67. The van der Waals surface area contributed by atoms with E-state index in [9.17, 15) is 0 Å². The summed E-state index contributed by atoms with van der Waals surface area (Å²) in [6.45, 7) is 9.98. The van der Waals surface area contributed by atoms with E-state index in [1.54, 1.807) is 6.26 Å². The van der Waals surface area contributed by atoms with Crippen LogP contribution in [0.25, 0.3) is 0 Å². The highest BCUT2D eigenvalue weighted by atomic mass is 16.3. The van der Waals surface area contributed by atoms with E-state index in [-0.39, 0.29) is 0 Å². The van der Waals surface area contributed by atoms with Crippen molar-refractivity contribution in [2.24, 2.45) is 0 Å². The van der Waals surface area contributed by atoms with Crippen molar-refractivity contribution in [1.29, 1.82) is 0 Å². The molecule has 1 saturated heterocycles. The summed E-state index contributed by atoms with van der Waals surface area (Å²) in [5.74, 6) is 1.03. The van der Waals surface area contributed by atoms with Gasteiger partial charge in [-0.2, -0.15) is 0 Å². The highest BCUT2D eigenvalue weighted by molar-refractivity contribution is 5.03. The van der Waals surface area contributed by atoms with Crippen LogP contribution in [0.3, 0.4) is 0 Å². The maximum Gasteiger partial charge on any atom is 0.120 e. The zero-order valence-corrected chi connectivity index (χ0v) is 12.4. The molecule has 19 heavy (non-hydrogen) atoms. The molecular weight excluding hydrogens is 236 g/mol. The Morgan fingerprint density at radius 3 is 2.79 bits per heavy atom. The topological polar surface area (TPSA) is 28.4 Å². The summed E-state index contributed by atoms with van der Waals surface area (Å²) in [4.78, 5) is 2.53. The van der Waals surface area contributed by atoms with Gasteiger partial charge in [0, 0.05) is 12.6 Å². The van der Waals surface area contributed by atoms with Crippen LogP contribution < -0.4 is 5.32 Å². The fraction of sp³-hybridized carbons (Fsp3) is 0.625. The minimum absolute atomic E-state index is 0.310. The molecule has 0 bridgehead atoms. The molecule has 1 N–H and O–H groups in total. The quantitative estimate of drug-likeness (QED) is 0.825. The third-order valence-corrected chi connectivity index (χ3v) is 3.80. The van der Waals surface area contributed by atoms with Crippen LogP contribution in [0.1, 0.15) is 45.4 Å². The van der Waals surface area contributed by atoms with Crippen molar-refractivity contribution >= 4 is 0 Å². The molecule has 1 aliphatic rings. The van der Waals surface area contributed by atoms with Crippen LogP contribution in [0.4, 0.5) is 0 Å². The number of furan rings is 1. The number of hydrogen-bond donors (Lipinski definition) is 1. The molecule has 1 aliphatic heterocycles. The molecule has 1 aromatic rings. The Balaban J connectivity index is 1.73. The summed E-state index contributed by atoms with van der Waals surface area (Å²) in [6, 6.07) is 4.92. The Hall–Kier alpha value is -1.06. The van der Waals surface area contributed by atoms with Gasteiger partial charge in [0.15, 0.2) is 0 Å². The van der Waals surface area contributed by atoms with E-state index < -0.39 is 0 Å². The van der Waals surface area contributed by atoms with Crippen molar-refractivity contribution in [3.05, 3.63) is 35.8 Å². The van der Waals surface area contributed by atoms with Crippen LogP contribution in [-0.2, 0) is 0 Å². The van der Waals surface area contributed by atoms with Crippen LogP contribution in [0.2, 0.25) is 0 Å². The lowest BCUT2D eigenvalue weighted by Gasteiger charge is -2.33. The average Bonchev–Trinajstić information content (AvgIpc) is 2.92. The maximum atomic E-state index is 5.44. The average molecular weight is 262 g/mol. The minimum atomic E-state index is 0.310. The predicted molar refractivity (Wildman–Crippen MR) is 79.2 cm³/mol. The van der Waals surface area contributed by atoms with Crippen molar-refractivity contribution in [3.8, 4) is 0 Å². The first kappa shape index (κ1) is 14.4. The summed E-state index contributed by atoms with van der Waals surface area (Å²) >= 11 is 0. The predicted octanol–water partition coefficient (Wildman–Crippen LogP) is 3.36. The molecule has 3 heteroatoms. The van der Waals surface area contributed by atoms with E-state index in [1.807, 2.05) is 12.1 Å². The van der Waals surface area contributed by atoms with Gasteiger partial charge in [0.2, 0.25) is 0 Å². The van der Waals surface area contributed by atoms with E-state index >= 15 is 0 Å². The van der Waals surface area contributed by atoms with Crippen LogP contribution in [0.5, 0.6) is 0 Å². The van der Waals surface area contributed by atoms with Crippen molar-refractivity contribution in [3.63, 3.8) is 0 Å². The third-order valence-electron chi connectivity index (χ3n) is 3.80. The molecule has 0 radical (unpaired) electrons. The zero-order valence-electron chi connectivity index (χ0n) is 12.4. The fourth-order valence-corrected chi connectivity index (χ4v) is 2.57. The van der Waals surface area contributed by atoms with E-state index in [0.717, 1.165) is 12.3 Å². The summed E-state index contributed by atoms with van der Waals surface area (Å²) < 4.78 is 5.44. The van der Waals surface area contributed by atoms with Gasteiger partial charge in [-0.15, -0.1) is 0 Å². The first-order valence-electron chi connectivity index (χ1n) is 7.30. The van der Waals surface area contributed by atoms with Crippen LogP contribution in [-0.4, -0.2) is 30.6 Å². The van der Waals surface area contributed by atoms with E-state index in [1.165, 1.54) is 31.5 Å². The third kappa shape index (κ3) is 4.51. The van der Waals surface area contributed by atoms with Gasteiger partial charge in [-0.25, -0.2) is 0 Å². The van der Waals surface area contributed by atoms with Gasteiger partial charge in [-0.1, -0.05) is 11.6 Å². The maximum absolute atomic E-state index is 5.44. The molecule has 0 spiro atoms. The number of allylic oxidation sites excluding steroid dienone is 1. The van der Waals surface area contributed by atoms with Crippen LogP contribution in [0, 0.1) is 0 Å². The van der Waals surface area contributed by atoms with Crippen molar-refractivity contribution in [1.82, 2.24) is 10.2 Å². The lowest BCUT2D eigenvalue weighted by atomic mass is 10.0. The Kier molecular flexibility index (Phi) is 5.23. The second kappa shape index (κ2) is 6.92. The van der Waals surface area contributed by atoms with Crippen molar-refractivity contribution < 1.29 is 4.42 Å². The second-order valence-electron chi connectivity index (χ2n) is 5.76. The smallest absolute Gasteiger partial charge is 0.120 e. The molecule has 0 amide bonds. The van der Waals surface area contributed by atoms with E-state index in [2.05, 4.69) is 37.1 Å². The number of nitrogens with one attached hydrogen (secondary N) is 1. The van der Waals surface area contributed by atoms with Gasteiger partial charge in [0.1, 0.15) is 5.76 Å². The standard InChI is InChI=1S/C16H26N2O/c1-13(2)6-9-18-10-7-15(8-11-18)17-14(3)16-5-4-12-19-16/h4-6,12,14-15,17H,7-11H2,1-3H3/t14-/m1/s1. The molecule has 1 fully saturated rings. The zero-order chi connectivity index (χ0) is 13.7. The molecule has 1 atom stereocenters. The van der Waals surface area contributed by atoms with Gasteiger partial charge < -0.3 is 9.73 Å². The lowest BCUT2D eigenvalue weighted by molar-refractivity contribution is 0.205. The first-order chi connectivity index (χ1) is 9.15. The first-order valence-corrected chi connectivity index (χ1v) is 7.30. The van der Waals surface area contributed by atoms with Gasteiger partial charge in [0.05, 0.1) is 12.3 Å². The lowest BCUT2D eigenvalue weighted by Crippen LogP contribution is -2.43. The number of hydrogen-bond acceptors (Lipinski definition) is 3. The molecule has 2 rings (SSSR count). The minimum Gasteiger partial charge on any atom is -0.468 e. The SMILES string of the molecule is CC(C)=CCN1CCC(N[C@H](C)c2ccco2)CC1. The number of piperidine rings is 1. The summed E-state index contributed by atoms with van der Waals surface area (Å²) in [6.07, 6.45) is 6.51. The van der Waals surface area contributed by atoms with E-state index in [0.29, 0.717) is 12.1 Å². The molecular formula is C16H26N2O. The largest absolute Gasteiger partial charge is 0.468 e. The molecule has 2 heterocycles. The highest BCUT2D eigenvalue weighted by Gasteiger charge is 2.20.